The topological polar surface area (TPSA) is 18.5 Å². The zero-order valence-corrected chi connectivity index (χ0v) is 12.1. The Balaban J connectivity index is 2.49. The molecule has 0 saturated heterocycles. The smallest absolute Gasteiger partial charge is 0.0512 e. The van der Waals surface area contributed by atoms with Gasteiger partial charge >= 0.3 is 0 Å². The van der Waals surface area contributed by atoms with Crippen molar-refractivity contribution in [3.05, 3.63) is 0 Å². The molecule has 1 saturated carbocycles. The van der Waals surface area contributed by atoms with Crippen molar-refractivity contribution >= 4 is 0 Å². The average molecular weight is 242 g/mol. The summed E-state index contributed by atoms with van der Waals surface area (Å²) in [5.41, 5.74) is 0. The highest BCUT2D eigenvalue weighted by atomic mass is 16.5. The maximum atomic E-state index is 5.31. The molecule has 0 aromatic heterocycles. The molecule has 1 fully saturated rings. The van der Waals surface area contributed by atoms with E-state index < -0.39 is 0 Å². The Bertz CT molecular complexity index is 185. The molecule has 0 spiro atoms. The predicted octanol–water partition coefficient (Wildman–Crippen LogP) is 3.75. The molecule has 0 aliphatic heterocycles. The molecular formula is C15H30O2. The minimum atomic E-state index is 0.578. The molecule has 0 N–H and O–H groups in total. The third-order valence-corrected chi connectivity index (χ3v) is 4.26. The molecule has 2 heteroatoms. The van der Waals surface area contributed by atoms with Gasteiger partial charge in [-0.15, -0.1) is 0 Å². The Labute approximate surface area is 107 Å². The summed E-state index contributed by atoms with van der Waals surface area (Å²) in [6, 6.07) is 0. The third-order valence-electron chi connectivity index (χ3n) is 4.26. The van der Waals surface area contributed by atoms with Crippen molar-refractivity contribution in [1.82, 2.24) is 0 Å². The highest BCUT2D eigenvalue weighted by molar-refractivity contribution is 4.79. The quantitative estimate of drug-likeness (QED) is 0.677. The summed E-state index contributed by atoms with van der Waals surface area (Å²) in [5.74, 6) is 3.21. The van der Waals surface area contributed by atoms with Crippen LogP contribution in [0.2, 0.25) is 0 Å². The Morgan fingerprint density at radius 2 is 1.59 bits per heavy atom. The number of hydrogen-bond donors (Lipinski definition) is 0. The first kappa shape index (κ1) is 15.0. The van der Waals surface area contributed by atoms with Gasteiger partial charge in [0.25, 0.3) is 0 Å². The second-order valence-corrected chi connectivity index (χ2v) is 5.96. The van der Waals surface area contributed by atoms with E-state index in [0.29, 0.717) is 5.92 Å². The highest BCUT2D eigenvalue weighted by Crippen LogP contribution is 2.38. The second kappa shape index (κ2) is 8.10. The Kier molecular flexibility index (Phi) is 7.14. The van der Waals surface area contributed by atoms with Crippen LogP contribution in [0.5, 0.6) is 0 Å². The molecule has 0 bridgehead atoms. The molecule has 0 heterocycles. The van der Waals surface area contributed by atoms with E-state index in [4.69, 9.17) is 9.47 Å². The maximum Gasteiger partial charge on any atom is 0.0512 e. The predicted molar refractivity (Wildman–Crippen MR) is 72.1 cm³/mol. The van der Waals surface area contributed by atoms with Crippen molar-refractivity contribution in [2.24, 2.45) is 23.7 Å². The van der Waals surface area contributed by atoms with E-state index in [1.54, 1.807) is 14.2 Å². The number of rotatable bonds is 7. The Hall–Kier alpha value is -0.0800. The maximum absolute atomic E-state index is 5.31. The summed E-state index contributed by atoms with van der Waals surface area (Å²) < 4.78 is 10.6. The molecule has 0 radical (unpaired) electrons. The molecule has 0 aromatic carbocycles. The standard InChI is InChI=1S/C15H30O2/c1-12(2)15-8-6-5-7-14(15)9-13(10-16-3)11-17-4/h12-15H,5-11H2,1-4H3. The first-order chi connectivity index (χ1) is 8.19. The fourth-order valence-electron chi connectivity index (χ4n) is 3.49. The van der Waals surface area contributed by atoms with E-state index in [-0.39, 0.29) is 0 Å². The van der Waals surface area contributed by atoms with E-state index >= 15 is 0 Å². The summed E-state index contributed by atoms with van der Waals surface area (Å²) in [6.45, 7) is 6.44. The van der Waals surface area contributed by atoms with Gasteiger partial charge in [-0.25, -0.2) is 0 Å². The third kappa shape index (κ3) is 4.97. The van der Waals surface area contributed by atoms with Crippen LogP contribution in [0.1, 0.15) is 46.0 Å². The van der Waals surface area contributed by atoms with Crippen LogP contribution in [0.4, 0.5) is 0 Å². The van der Waals surface area contributed by atoms with Gasteiger partial charge in [0.15, 0.2) is 0 Å². The van der Waals surface area contributed by atoms with E-state index in [9.17, 15) is 0 Å². The van der Waals surface area contributed by atoms with Crippen LogP contribution < -0.4 is 0 Å². The SMILES string of the molecule is COCC(COC)CC1CCCCC1C(C)C. The molecule has 0 aromatic rings. The first-order valence-corrected chi connectivity index (χ1v) is 7.16. The van der Waals surface area contributed by atoms with Gasteiger partial charge in [0, 0.05) is 20.1 Å². The highest BCUT2D eigenvalue weighted by Gasteiger charge is 2.29. The lowest BCUT2D eigenvalue weighted by Gasteiger charge is -2.36. The zero-order chi connectivity index (χ0) is 12.7. The van der Waals surface area contributed by atoms with Gasteiger partial charge in [-0.3, -0.25) is 0 Å². The Morgan fingerprint density at radius 3 is 2.12 bits per heavy atom. The molecule has 2 nitrogen and oxygen atoms in total. The lowest BCUT2D eigenvalue weighted by Crippen LogP contribution is -2.28. The lowest BCUT2D eigenvalue weighted by atomic mass is 9.70. The summed E-state index contributed by atoms with van der Waals surface area (Å²) in [4.78, 5) is 0. The van der Waals surface area contributed by atoms with Crippen LogP contribution in [0.25, 0.3) is 0 Å². The van der Waals surface area contributed by atoms with Gasteiger partial charge in [0.2, 0.25) is 0 Å². The molecule has 102 valence electrons. The van der Waals surface area contributed by atoms with Crippen molar-refractivity contribution in [2.75, 3.05) is 27.4 Å². The van der Waals surface area contributed by atoms with Crippen molar-refractivity contribution in [3.8, 4) is 0 Å². The van der Waals surface area contributed by atoms with Gasteiger partial charge in [0.1, 0.15) is 0 Å². The van der Waals surface area contributed by atoms with E-state index in [1.807, 2.05) is 0 Å². The van der Waals surface area contributed by atoms with Gasteiger partial charge in [-0.1, -0.05) is 33.1 Å². The first-order valence-electron chi connectivity index (χ1n) is 7.16. The minimum absolute atomic E-state index is 0.578. The second-order valence-electron chi connectivity index (χ2n) is 5.96. The molecule has 1 aliphatic rings. The van der Waals surface area contributed by atoms with Crippen molar-refractivity contribution < 1.29 is 9.47 Å². The lowest BCUT2D eigenvalue weighted by molar-refractivity contribution is 0.0524. The van der Waals surface area contributed by atoms with Crippen molar-refractivity contribution in [3.63, 3.8) is 0 Å². The summed E-state index contributed by atoms with van der Waals surface area (Å²) in [6.07, 6.45) is 6.96. The molecule has 1 rings (SSSR count). The number of hydrogen-bond acceptors (Lipinski definition) is 2. The molecule has 1 aliphatic carbocycles. The van der Waals surface area contributed by atoms with Gasteiger partial charge in [-0.05, 0) is 30.6 Å². The summed E-state index contributed by atoms with van der Waals surface area (Å²) in [5, 5.41) is 0. The molecule has 0 amide bonds. The largest absolute Gasteiger partial charge is 0.384 e. The van der Waals surface area contributed by atoms with Crippen LogP contribution in [-0.4, -0.2) is 27.4 Å². The molecular weight excluding hydrogens is 212 g/mol. The van der Waals surface area contributed by atoms with Gasteiger partial charge < -0.3 is 9.47 Å². The van der Waals surface area contributed by atoms with Crippen LogP contribution in [-0.2, 0) is 9.47 Å². The summed E-state index contributed by atoms with van der Waals surface area (Å²) >= 11 is 0. The van der Waals surface area contributed by atoms with Gasteiger partial charge in [-0.2, -0.15) is 0 Å². The van der Waals surface area contributed by atoms with Crippen LogP contribution >= 0.6 is 0 Å². The Morgan fingerprint density at radius 1 is 1.00 bits per heavy atom. The summed E-state index contributed by atoms with van der Waals surface area (Å²) in [7, 11) is 3.59. The average Bonchev–Trinajstić information content (AvgIpc) is 2.30. The fraction of sp³-hybridized carbons (Fsp3) is 1.00. The fourth-order valence-corrected chi connectivity index (χ4v) is 3.49. The van der Waals surface area contributed by atoms with Crippen molar-refractivity contribution in [2.45, 2.75) is 46.0 Å². The van der Waals surface area contributed by atoms with Crippen molar-refractivity contribution in [1.29, 1.82) is 0 Å². The monoisotopic (exact) mass is 242 g/mol. The molecule has 2 atom stereocenters. The van der Waals surface area contributed by atoms with Gasteiger partial charge in [0.05, 0.1) is 13.2 Å². The number of methoxy groups -OCH3 is 2. The molecule has 17 heavy (non-hydrogen) atoms. The van der Waals surface area contributed by atoms with E-state index in [0.717, 1.165) is 31.0 Å². The van der Waals surface area contributed by atoms with E-state index in [2.05, 4.69) is 13.8 Å². The van der Waals surface area contributed by atoms with Crippen LogP contribution in [0.15, 0.2) is 0 Å². The van der Waals surface area contributed by atoms with E-state index in [1.165, 1.54) is 32.1 Å². The van der Waals surface area contributed by atoms with Crippen LogP contribution in [0.3, 0.4) is 0 Å². The number of ether oxygens (including phenoxy) is 2. The molecule has 2 unspecified atom stereocenters. The van der Waals surface area contributed by atoms with Crippen LogP contribution in [0, 0.1) is 23.7 Å². The normalized spacial score (nSPS) is 25.8. The minimum Gasteiger partial charge on any atom is -0.384 e. The zero-order valence-electron chi connectivity index (χ0n) is 12.1.